The quantitative estimate of drug-likeness (QED) is 0.807. The van der Waals surface area contributed by atoms with Gasteiger partial charge >= 0.3 is 12.0 Å². The van der Waals surface area contributed by atoms with Crippen LogP contribution in [0.15, 0.2) is 28.9 Å². The van der Waals surface area contributed by atoms with Crippen LogP contribution < -0.4 is 4.90 Å². The summed E-state index contributed by atoms with van der Waals surface area (Å²) in [6, 6.07) is 4.90. The van der Waals surface area contributed by atoms with Gasteiger partial charge in [-0.2, -0.15) is 4.98 Å². The lowest BCUT2D eigenvalue weighted by Crippen LogP contribution is -2.14. The molecule has 1 aliphatic rings. The molecule has 1 aromatic heterocycles. The molecule has 2 heterocycles. The summed E-state index contributed by atoms with van der Waals surface area (Å²) in [4.78, 5) is 17.4. The van der Waals surface area contributed by atoms with Gasteiger partial charge in [-0.1, -0.05) is 6.07 Å². The Hall–Kier alpha value is -2.37. The molecule has 104 valence electrons. The van der Waals surface area contributed by atoms with E-state index in [1.165, 1.54) is 18.4 Å². The number of ether oxygens (including phenoxy) is 1. The van der Waals surface area contributed by atoms with Crippen molar-refractivity contribution in [3.63, 3.8) is 0 Å². The van der Waals surface area contributed by atoms with E-state index < -0.39 is 5.97 Å². The number of anilines is 2. The van der Waals surface area contributed by atoms with Gasteiger partial charge < -0.3 is 9.15 Å². The van der Waals surface area contributed by atoms with Crippen LogP contribution in [0.1, 0.15) is 23.0 Å². The summed E-state index contributed by atoms with van der Waals surface area (Å²) >= 11 is 0. The number of hydrogen-bond donors (Lipinski definition) is 0. The second-order valence-electron chi connectivity index (χ2n) is 4.41. The number of rotatable bonds is 3. The number of carbonyl (C=O) groups excluding carboxylic acids is 1. The summed E-state index contributed by atoms with van der Waals surface area (Å²) in [5.74, 6) is -0.839. The Balaban J connectivity index is 1.89. The van der Waals surface area contributed by atoms with E-state index in [4.69, 9.17) is 9.15 Å². The third-order valence-electron chi connectivity index (χ3n) is 3.15. The molecule has 0 atom stereocenters. The van der Waals surface area contributed by atoms with Crippen LogP contribution in [0.5, 0.6) is 0 Å². The molecule has 3 rings (SSSR count). The molecule has 0 amide bonds. The number of oxazole rings is 1. The van der Waals surface area contributed by atoms with E-state index in [1.807, 2.05) is 0 Å². The van der Waals surface area contributed by atoms with Crippen LogP contribution in [0.25, 0.3) is 0 Å². The fourth-order valence-electron chi connectivity index (χ4n) is 2.24. The van der Waals surface area contributed by atoms with E-state index in [1.54, 1.807) is 17.9 Å². The number of carbonyl (C=O) groups is 1. The van der Waals surface area contributed by atoms with Gasteiger partial charge in [0, 0.05) is 6.54 Å². The molecule has 1 aromatic carbocycles. The van der Waals surface area contributed by atoms with Gasteiger partial charge in [-0.05, 0) is 31.0 Å². The van der Waals surface area contributed by atoms with Crippen LogP contribution in [0.2, 0.25) is 0 Å². The van der Waals surface area contributed by atoms with Gasteiger partial charge in [0.2, 0.25) is 0 Å². The third-order valence-corrected chi connectivity index (χ3v) is 3.15. The maximum absolute atomic E-state index is 13.3. The molecule has 20 heavy (non-hydrogen) atoms. The normalized spacial score (nSPS) is 13.4. The number of hydrogen-bond acceptors (Lipinski definition) is 5. The standard InChI is InChI=1S/C14H13FN2O3/c1-2-19-13(18)11-8-20-14(16-11)17-6-5-9-3-4-10(15)7-12(9)17/h3-4,7-8H,2,5-6H2,1H3. The zero-order valence-electron chi connectivity index (χ0n) is 10.9. The zero-order valence-corrected chi connectivity index (χ0v) is 10.9. The van der Waals surface area contributed by atoms with Gasteiger partial charge in [0.05, 0.1) is 12.3 Å². The molecule has 6 heteroatoms. The van der Waals surface area contributed by atoms with Gasteiger partial charge in [-0.15, -0.1) is 0 Å². The maximum atomic E-state index is 13.3. The zero-order chi connectivity index (χ0) is 14.1. The Labute approximate surface area is 115 Å². The monoisotopic (exact) mass is 276 g/mol. The fraction of sp³-hybridized carbons (Fsp3) is 0.286. The second kappa shape index (κ2) is 4.96. The lowest BCUT2D eigenvalue weighted by Gasteiger charge is -2.13. The van der Waals surface area contributed by atoms with Crippen molar-refractivity contribution in [3.8, 4) is 0 Å². The first-order valence-corrected chi connectivity index (χ1v) is 6.37. The molecule has 1 aliphatic heterocycles. The van der Waals surface area contributed by atoms with Crippen molar-refractivity contribution >= 4 is 17.7 Å². The topological polar surface area (TPSA) is 55.6 Å². The lowest BCUT2D eigenvalue weighted by atomic mass is 10.2. The van der Waals surface area contributed by atoms with E-state index in [0.717, 1.165) is 17.7 Å². The summed E-state index contributed by atoms with van der Waals surface area (Å²) in [6.45, 7) is 2.64. The van der Waals surface area contributed by atoms with Gasteiger partial charge in [0.15, 0.2) is 5.69 Å². The molecule has 0 N–H and O–H groups in total. The van der Waals surface area contributed by atoms with E-state index in [9.17, 15) is 9.18 Å². The molecule has 5 nitrogen and oxygen atoms in total. The van der Waals surface area contributed by atoms with Crippen LogP contribution in [0.4, 0.5) is 16.1 Å². The minimum absolute atomic E-state index is 0.117. The minimum Gasteiger partial charge on any atom is -0.461 e. The van der Waals surface area contributed by atoms with Gasteiger partial charge in [0.25, 0.3) is 0 Å². The van der Waals surface area contributed by atoms with Crippen molar-refractivity contribution in [2.75, 3.05) is 18.1 Å². The van der Waals surface area contributed by atoms with Crippen LogP contribution in [-0.2, 0) is 11.2 Å². The maximum Gasteiger partial charge on any atom is 0.360 e. The predicted molar refractivity (Wildman–Crippen MR) is 69.6 cm³/mol. The van der Waals surface area contributed by atoms with E-state index in [2.05, 4.69) is 4.98 Å². The molecule has 0 bridgehead atoms. The van der Waals surface area contributed by atoms with E-state index in [0.29, 0.717) is 6.54 Å². The molecule has 0 unspecified atom stereocenters. The average Bonchev–Trinajstić information content (AvgIpc) is 3.04. The second-order valence-corrected chi connectivity index (χ2v) is 4.41. The fourth-order valence-corrected chi connectivity index (χ4v) is 2.24. The number of halogens is 1. The SMILES string of the molecule is CCOC(=O)c1coc(N2CCc3ccc(F)cc32)n1. The van der Waals surface area contributed by atoms with Crippen LogP contribution in [0.3, 0.4) is 0 Å². The molecular weight excluding hydrogens is 263 g/mol. The third kappa shape index (κ3) is 2.13. The first kappa shape index (κ1) is 12.7. The highest BCUT2D eigenvalue weighted by molar-refractivity contribution is 5.87. The smallest absolute Gasteiger partial charge is 0.360 e. The van der Waals surface area contributed by atoms with Gasteiger partial charge in [0.1, 0.15) is 12.1 Å². The summed E-state index contributed by atoms with van der Waals surface area (Å²) in [7, 11) is 0. The summed E-state index contributed by atoms with van der Waals surface area (Å²) in [5, 5.41) is 0. The molecule has 0 saturated heterocycles. The minimum atomic E-state index is -0.527. The molecular formula is C14H13FN2O3. The number of esters is 1. The van der Waals surface area contributed by atoms with Crippen LogP contribution in [0, 0.1) is 5.82 Å². The average molecular weight is 276 g/mol. The highest BCUT2D eigenvalue weighted by Crippen LogP contribution is 2.34. The van der Waals surface area contributed by atoms with Crippen molar-refractivity contribution in [2.24, 2.45) is 0 Å². The largest absolute Gasteiger partial charge is 0.461 e. The first-order chi connectivity index (χ1) is 9.69. The van der Waals surface area contributed by atoms with Crippen LogP contribution >= 0.6 is 0 Å². The summed E-state index contributed by atoms with van der Waals surface area (Å²) in [6.07, 6.45) is 2.04. The molecule has 2 aromatic rings. The van der Waals surface area contributed by atoms with Crippen molar-refractivity contribution in [3.05, 3.63) is 41.5 Å². The Morgan fingerprint density at radius 3 is 3.20 bits per heavy atom. The van der Waals surface area contributed by atoms with Gasteiger partial charge in [-0.25, -0.2) is 9.18 Å². The number of benzene rings is 1. The predicted octanol–water partition coefficient (Wildman–Crippen LogP) is 2.68. The van der Waals surface area contributed by atoms with Crippen molar-refractivity contribution in [1.82, 2.24) is 4.98 Å². The van der Waals surface area contributed by atoms with Crippen molar-refractivity contribution < 1.29 is 18.3 Å². The first-order valence-electron chi connectivity index (χ1n) is 6.37. The van der Waals surface area contributed by atoms with Crippen molar-refractivity contribution in [2.45, 2.75) is 13.3 Å². The number of fused-ring (bicyclic) bond motifs is 1. The van der Waals surface area contributed by atoms with E-state index >= 15 is 0 Å². The van der Waals surface area contributed by atoms with E-state index in [-0.39, 0.29) is 24.1 Å². The Morgan fingerprint density at radius 2 is 2.40 bits per heavy atom. The molecule has 0 fully saturated rings. The molecule has 0 spiro atoms. The van der Waals surface area contributed by atoms with Crippen molar-refractivity contribution in [1.29, 1.82) is 0 Å². The highest BCUT2D eigenvalue weighted by Gasteiger charge is 2.25. The number of aromatic nitrogens is 1. The molecule has 0 radical (unpaired) electrons. The van der Waals surface area contributed by atoms with Crippen LogP contribution in [-0.4, -0.2) is 24.1 Å². The highest BCUT2D eigenvalue weighted by atomic mass is 19.1. The Bertz CT molecular complexity index is 654. The molecule has 0 aliphatic carbocycles. The summed E-state index contributed by atoms with van der Waals surface area (Å²) < 4.78 is 23.5. The Morgan fingerprint density at radius 1 is 1.55 bits per heavy atom. The molecule has 0 saturated carbocycles. The Kier molecular flexibility index (Phi) is 3.14. The number of nitrogens with zero attached hydrogens (tertiary/aromatic N) is 2. The lowest BCUT2D eigenvalue weighted by molar-refractivity contribution is 0.0519. The summed E-state index contributed by atoms with van der Waals surface area (Å²) in [5.41, 5.74) is 1.87. The van der Waals surface area contributed by atoms with Gasteiger partial charge in [-0.3, -0.25) is 4.90 Å².